The summed E-state index contributed by atoms with van der Waals surface area (Å²) < 4.78 is 25.7. The van der Waals surface area contributed by atoms with Gasteiger partial charge in [0, 0.05) is 5.56 Å². The van der Waals surface area contributed by atoms with E-state index in [0.717, 1.165) is 23.1 Å². The molecule has 0 saturated heterocycles. The van der Waals surface area contributed by atoms with E-state index in [4.69, 9.17) is 0 Å². The Kier molecular flexibility index (Phi) is 3.83. The summed E-state index contributed by atoms with van der Waals surface area (Å²) in [5.41, 5.74) is 2.93. The SMILES string of the molecule is Cc1cc(C)c(CC(C)C)c(C(F)F)c1. The van der Waals surface area contributed by atoms with Crippen molar-refractivity contribution < 1.29 is 8.78 Å². The molecule has 84 valence electrons. The Hall–Kier alpha value is -0.920. The summed E-state index contributed by atoms with van der Waals surface area (Å²) in [6.45, 7) is 7.87. The molecule has 1 aromatic carbocycles. The maximum Gasteiger partial charge on any atom is 0.264 e. The molecule has 0 N–H and O–H groups in total. The first-order valence-corrected chi connectivity index (χ1v) is 5.30. The Balaban J connectivity index is 3.21. The van der Waals surface area contributed by atoms with E-state index in [1.165, 1.54) is 0 Å². The second-order valence-corrected chi connectivity index (χ2v) is 4.55. The summed E-state index contributed by atoms with van der Waals surface area (Å²) in [4.78, 5) is 0. The Labute approximate surface area is 90.3 Å². The van der Waals surface area contributed by atoms with Crippen molar-refractivity contribution in [2.45, 2.75) is 40.5 Å². The van der Waals surface area contributed by atoms with Gasteiger partial charge in [0.05, 0.1) is 0 Å². The van der Waals surface area contributed by atoms with Crippen molar-refractivity contribution in [3.8, 4) is 0 Å². The van der Waals surface area contributed by atoms with Crippen LogP contribution in [-0.2, 0) is 6.42 Å². The molecule has 15 heavy (non-hydrogen) atoms. The van der Waals surface area contributed by atoms with E-state index in [1.54, 1.807) is 6.07 Å². The zero-order valence-electron chi connectivity index (χ0n) is 9.77. The molecule has 0 aliphatic rings. The van der Waals surface area contributed by atoms with Crippen LogP contribution in [-0.4, -0.2) is 0 Å². The number of hydrogen-bond donors (Lipinski definition) is 0. The molecule has 0 saturated carbocycles. The van der Waals surface area contributed by atoms with Crippen LogP contribution in [0, 0.1) is 19.8 Å². The molecule has 0 aliphatic carbocycles. The average Bonchev–Trinajstić information content (AvgIpc) is 2.08. The van der Waals surface area contributed by atoms with Crippen molar-refractivity contribution in [2.75, 3.05) is 0 Å². The molecular formula is C13H18F2. The fraction of sp³-hybridized carbons (Fsp3) is 0.538. The first kappa shape index (κ1) is 12.2. The quantitative estimate of drug-likeness (QED) is 0.694. The molecule has 0 amide bonds. The number of alkyl halides is 2. The van der Waals surface area contributed by atoms with Crippen molar-refractivity contribution in [1.29, 1.82) is 0 Å². The molecular weight excluding hydrogens is 194 g/mol. The smallest absolute Gasteiger partial charge is 0.205 e. The average molecular weight is 212 g/mol. The highest BCUT2D eigenvalue weighted by atomic mass is 19.3. The molecule has 0 aliphatic heterocycles. The molecule has 0 heterocycles. The van der Waals surface area contributed by atoms with E-state index in [0.29, 0.717) is 5.92 Å². The summed E-state index contributed by atoms with van der Waals surface area (Å²) in [5, 5.41) is 0. The van der Waals surface area contributed by atoms with Gasteiger partial charge in [-0.15, -0.1) is 0 Å². The van der Waals surface area contributed by atoms with Crippen molar-refractivity contribution in [2.24, 2.45) is 5.92 Å². The van der Waals surface area contributed by atoms with Crippen LogP contribution >= 0.6 is 0 Å². The minimum Gasteiger partial charge on any atom is -0.205 e. The third-order valence-corrected chi connectivity index (χ3v) is 2.50. The lowest BCUT2D eigenvalue weighted by molar-refractivity contribution is 0.150. The molecule has 0 aromatic heterocycles. The van der Waals surface area contributed by atoms with Crippen molar-refractivity contribution >= 4 is 0 Å². The van der Waals surface area contributed by atoms with Gasteiger partial charge in [0.1, 0.15) is 0 Å². The lowest BCUT2D eigenvalue weighted by Crippen LogP contribution is -2.03. The van der Waals surface area contributed by atoms with Gasteiger partial charge < -0.3 is 0 Å². The maximum absolute atomic E-state index is 12.8. The lowest BCUT2D eigenvalue weighted by Gasteiger charge is -2.15. The molecule has 0 fully saturated rings. The molecule has 1 rings (SSSR count). The van der Waals surface area contributed by atoms with Gasteiger partial charge in [-0.05, 0) is 37.3 Å². The summed E-state index contributed by atoms with van der Waals surface area (Å²) in [6, 6.07) is 3.58. The standard InChI is InChI=1S/C13H18F2/c1-8(2)5-11-10(4)6-9(3)7-12(11)13(14)15/h6-8,13H,5H2,1-4H3. The Morgan fingerprint density at radius 1 is 1.13 bits per heavy atom. The maximum atomic E-state index is 12.8. The highest BCUT2D eigenvalue weighted by Gasteiger charge is 2.16. The van der Waals surface area contributed by atoms with Gasteiger partial charge in [0.2, 0.25) is 0 Å². The normalized spacial score (nSPS) is 11.5. The first-order valence-electron chi connectivity index (χ1n) is 5.30. The zero-order valence-corrected chi connectivity index (χ0v) is 9.77. The van der Waals surface area contributed by atoms with Crippen LogP contribution < -0.4 is 0 Å². The first-order chi connectivity index (χ1) is 6.91. The molecule has 0 spiro atoms. The van der Waals surface area contributed by atoms with E-state index < -0.39 is 6.43 Å². The highest BCUT2D eigenvalue weighted by Crippen LogP contribution is 2.28. The molecule has 0 radical (unpaired) electrons. The summed E-state index contributed by atoms with van der Waals surface area (Å²) in [6.07, 6.45) is -1.64. The largest absolute Gasteiger partial charge is 0.264 e. The second kappa shape index (κ2) is 4.73. The Morgan fingerprint density at radius 3 is 2.20 bits per heavy atom. The monoisotopic (exact) mass is 212 g/mol. The minimum atomic E-state index is -2.36. The molecule has 0 bridgehead atoms. The number of halogens is 2. The molecule has 0 unspecified atom stereocenters. The lowest BCUT2D eigenvalue weighted by atomic mass is 9.92. The van der Waals surface area contributed by atoms with Crippen molar-refractivity contribution in [3.63, 3.8) is 0 Å². The predicted molar refractivity (Wildman–Crippen MR) is 59.4 cm³/mol. The van der Waals surface area contributed by atoms with Crippen LogP contribution in [0.25, 0.3) is 0 Å². The van der Waals surface area contributed by atoms with Gasteiger partial charge in [-0.3, -0.25) is 0 Å². The van der Waals surface area contributed by atoms with Crippen LogP contribution in [0.1, 0.15) is 42.5 Å². The van der Waals surface area contributed by atoms with Crippen LogP contribution in [0.4, 0.5) is 8.78 Å². The minimum absolute atomic E-state index is 0.209. The molecule has 0 atom stereocenters. The van der Waals surface area contributed by atoms with E-state index >= 15 is 0 Å². The van der Waals surface area contributed by atoms with Gasteiger partial charge in [-0.2, -0.15) is 0 Å². The third kappa shape index (κ3) is 3.01. The Morgan fingerprint density at radius 2 is 1.73 bits per heavy atom. The van der Waals surface area contributed by atoms with Gasteiger partial charge in [-0.25, -0.2) is 8.78 Å². The summed E-state index contributed by atoms with van der Waals surface area (Å²) >= 11 is 0. The predicted octanol–water partition coefficient (Wildman–Crippen LogP) is 4.44. The fourth-order valence-electron chi connectivity index (χ4n) is 1.91. The summed E-state index contributed by atoms with van der Waals surface area (Å²) in [5.74, 6) is 0.406. The molecule has 0 nitrogen and oxygen atoms in total. The van der Waals surface area contributed by atoms with Crippen LogP contribution in [0.3, 0.4) is 0 Å². The van der Waals surface area contributed by atoms with Gasteiger partial charge in [0.15, 0.2) is 0 Å². The number of benzene rings is 1. The van der Waals surface area contributed by atoms with Crippen LogP contribution in [0.2, 0.25) is 0 Å². The van der Waals surface area contributed by atoms with E-state index in [9.17, 15) is 8.78 Å². The van der Waals surface area contributed by atoms with Crippen LogP contribution in [0.15, 0.2) is 12.1 Å². The summed E-state index contributed by atoms with van der Waals surface area (Å²) in [7, 11) is 0. The van der Waals surface area contributed by atoms with Gasteiger partial charge >= 0.3 is 0 Å². The highest BCUT2D eigenvalue weighted by molar-refractivity contribution is 5.39. The van der Waals surface area contributed by atoms with Crippen molar-refractivity contribution in [1.82, 2.24) is 0 Å². The number of aryl methyl sites for hydroxylation is 2. The molecule has 1 aromatic rings. The Bertz CT molecular complexity index is 341. The van der Waals surface area contributed by atoms with Gasteiger partial charge in [-0.1, -0.05) is 31.5 Å². The number of rotatable bonds is 3. The van der Waals surface area contributed by atoms with Gasteiger partial charge in [0.25, 0.3) is 6.43 Å². The van der Waals surface area contributed by atoms with E-state index in [-0.39, 0.29) is 5.56 Å². The van der Waals surface area contributed by atoms with Crippen molar-refractivity contribution in [3.05, 3.63) is 34.4 Å². The second-order valence-electron chi connectivity index (χ2n) is 4.55. The topological polar surface area (TPSA) is 0 Å². The molecule has 2 heteroatoms. The zero-order chi connectivity index (χ0) is 11.6. The number of hydrogen-bond acceptors (Lipinski definition) is 0. The van der Waals surface area contributed by atoms with Crippen LogP contribution in [0.5, 0.6) is 0 Å². The third-order valence-electron chi connectivity index (χ3n) is 2.50. The fourth-order valence-corrected chi connectivity index (χ4v) is 1.91. The van der Waals surface area contributed by atoms with E-state index in [2.05, 4.69) is 13.8 Å². The van der Waals surface area contributed by atoms with E-state index in [1.807, 2.05) is 19.9 Å².